The number of carbonyl (C=O) groups is 1. The van der Waals surface area contributed by atoms with Crippen LogP contribution in [-0.2, 0) is 10.0 Å². The van der Waals surface area contributed by atoms with E-state index < -0.39 is 22.0 Å². The molecule has 0 aliphatic heterocycles. The van der Waals surface area contributed by atoms with Crippen LogP contribution in [0.25, 0.3) is 11.1 Å². The Hall–Kier alpha value is -3.60. The van der Waals surface area contributed by atoms with Crippen LogP contribution in [0.4, 0.5) is 5.69 Å². The first-order valence-electron chi connectivity index (χ1n) is 13.5. The summed E-state index contributed by atoms with van der Waals surface area (Å²) in [5, 5.41) is 13.5. The Balaban J connectivity index is 1.35. The van der Waals surface area contributed by atoms with Crippen molar-refractivity contribution in [3.05, 3.63) is 77.9 Å². The highest BCUT2D eigenvalue weighted by atomic mass is 32.2. The zero-order valence-electron chi connectivity index (χ0n) is 22.6. The monoisotopic (exact) mass is 567 g/mol. The zero-order valence-corrected chi connectivity index (χ0v) is 23.5. The largest absolute Gasteiger partial charge is 0.492 e. The average molecular weight is 568 g/mol. The lowest BCUT2D eigenvalue weighted by Gasteiger charge is -2.24. The van der Waals surface area contributed by atoms with Crippen LogP contribution < -0.4 is 25.2 Å². The minimum Gasteiger partial charge on any atom is -0.492 e. The molecule has 0 unspecified atom stereocenters. The SMILES string of the molecule is CS(=O)(=O)NC(=O)c1ccc(-c2ccc(OCCNC[C@@H](O)c3ccc(N)cc3)cc2)cc1OC1CCCCC1. The first kappa shape index (κ1) is 29.4. The third kappa shape index (κ3) is 8.70. The molecule has 10 heteroatoms. The van der Waals surface area contributed by atoms with Crippen LogP contribution in [0, 0.1) is 0 Å². The number of anilines is 1. The van der Waals surface area contributed by atoms with Crippen molar-refractivity contribution in [3.8, 4) is 22.6 Å². The summed E-state index contributed by atoms with van der Waals surface area (Å²) in [4.78, 5) is 12.7. The maximum atomic E-state index is 12.7. The first-order valence-corrected chi connectivity index (χ1v) is 15.4. The fraction of sp³-hybridized carbons (Fsp3) is 0.367. The summed E-state index contributed by atoms with van der Waals surface area (Å²) in [6.45, 7) is 1.39. The minimum atomic E-state index is -3.71. The fourth-order valence-corrected chi connectivity index (χ4v) is 5.08. The quantitative estimate of drug-likeness (QED) is 0.190. The van der Waals surface area contributed by atoms with Gasteiger partial charge < -0.3 is 25.6 Å². The molecular formula is C30H37N3O6S. The Labute approximate surface area is 235 Å². The summed E-state index contributed by atoms with van der Waals surface area (Å²) in [5.41, 5.74) is 9.08. The minimum absolute atomic E-state index is 0.00854. The lowest BCUT2D eigenvalue weighted by molar-refractivity contribution is 0.0969. The summed E-state index contributed by atoms with van der Waals surface area (Å²) >= 11 is 0. The highest BCUT2D eigenvalue weighted by Crippen LogP contribution is 2.32. The molecule has 0 aromatic heterocycles. The van der Waals surface area contributed by atoms with E-state index in [4.69, 9.17) is 15.2 Å². The fourth-order valence-electron chi connectivity index (χ4n) is 4.63. The van der Waals surface area contributed by atoms with Gasteiger partial charge >= 0.3 is 0 Å². The van der Waals surface area contributed by atoms with Crippen LogP contribution >= 0.6 is 0 Å². The number of aliphatic hydroxyl groups excluding tert-OH is 1. The van der Waals surface area contributed by atoms with E-state index >= 15 is 0 Å². The van der Waals surface area contributed by atoms with Gasteiger partial charge in [0.15, 0.2) is 0 Å². The van der Waals surface area contributed by atoms with Crippen LogP contribution in [-0.4, -0.2) is 51.5 Å². The van der Waals surface area contributed by atoms with Crippen LogP contribution in [0.3, 0.4) is 0 Å². The number of rotatable bonds is 12. The second-order valence-electron chi connectivity index (χ2n) is 10.1. The second-order valence-corrected chi connectivity index (χ2v) is 11.8. The summed E-state index contributed by atoms with van der Waals surface area (Å²) in [7, 11) is -3.71. The molecule has 0 heterocycles. The smallest absolute Gasteiger partial charge is 0.268 e. The number of ether oxygens (including phenoxy) is 2. The Bertz CT molecular complexity index is 1370. The predicted molar refractivity (Wildman–Crippen MR) is 156 cm³/mol. The second kappa shape index (κ2) is 13.6. The van der Waals surface area contributed by atoms with Gasteiger partial charge in [-0.2, -0.15) is 0 Å². The Morgan fingerprint density at radius 3 is 2.35 bits per heavy atom. The maximum absolute atomic E-state index is 12.7. The molecule has 1 aliphatic carbocycles. The van der Waals surface area contributed by atoms with Crippen molar-refractivity contribution in [2.24, 2.45) is 0 Å². The van der Waals surface area contributed by atoms with E-state index in [1.165, 1.54) is 0 Å². The summed E-state index contributed by atoms with van der Waals surface area (Å²) in [6.07, 6.45) is 5.41. The Morgan fingerprint density at radius 2 is 1.68 bits per heavy atom. The van der Waals surface area contributed by atoms with E-state index in [1.807, 2.05) is 41.1 Å². The molecule has 9 nitrogen and oxygen atoms in total. The molecule has 214 valence electrons. The van der Waals surface area contributed by atoms with Crippen LogP contribution in [0.5, 0.6) is 11.5 Å². The van der Waals surface area contributed by atoms with Gasteiger partial charge in [-0.15, -0.1) is 0 Å². The highest BCUT2D eigenvalue weighted by molar-refractivity contribution is 7.89. The van der Waals surface area contributed by atoms with Crippen LogP contribution in [0.15, 0.2) is 66.7 Å². The molecule has 1 amide bonds. The molecule has 1 fully saturated rings. The van der Waals surface area contributed by atoms with Crippen molar-refractivity contribution in [2.45, 2.75) is 44.3 Å². The third-order valence-electron chi connectivity index (χ3n) is 6.74. The van der Waals surface area contributed by atoms with Gasteiger partial charge in [0.25, 0.3) is 5.91 Å². The van der Waals surface area contributed by atoms with Crippen LogP contribution in [0.2, 0.25) is 0 Å². The molecule has 3 aromatic rings. The van der Waals surface area contributed by atoms with Crippen molar-refractivity contribution in [2.75, 3.05) is 31.7 Å². The van der Waals surface area contributed by atoms with Crippen molar-refractivity contribution in [3.63, 3.8) is 0 Å². The highest BCUT2D eigenvalue weighted by Gasteiger charge is 2.21. The molecule has 1 saturated carbocycles. The number of nitrogens with two attached hydrogens (primary N) is 1. The predicted octanol–water partition coefficient (Wildman–Crippen LogP) is 4.04. The van der Waals surface area contributed by atoms with Gasteiger partial charge in [0.1, 0.15) is 18.1 Å². The molecule has 40 heavy (non-hydrogen) atoms. The first-order chi connectivity index (χ1) is 19.2. The average Bonchev–Trinajstić information content (AvgIpc) is 2.93. The standard InChI is InChI=1S/C30H37N3O6S/c1-40(36,37)33-30(35)27-16-11-23(19-29(27)39-26-5-3-2-4-6-26)21-9-14-25(15-10-21)38-18-17-32-20-28(34)22-7-12-24(31)13-8-22/h7-16,19,26,28,32,34H,2-6,17-18,20,31H2,1H3,(H,33,35)/t28-/m1/s1. The number of carbonyl (C=O) groups excluding carboxylic acids is 1. The van der Waals surface area contributed by atoms with Gasteiger partial charge in [-0.3, -0.25) is 4.79 Å². The van der Waals surface area contributed by atoms with Crippen LogP contribution in [0.1, 0.15) is 54.1 Å². The van der Waals surface area contributed by atoms with E-state index in [2.05, 4.69) is 5.32 Å². The number of amides is 1. The molecule has 4 rings (SSSR count). The number of sulfonamides is 1. The summed E-state index contributed by atoms with van der Waals surface area (Å²) in [5.74, 6) is 0.365. The molecule has 0 saturated heterocycles. The lowest BCUT2D eigenvalue weighted by atomic mass is 9.97. The van der Waals surface area contributed by atoms with E-state index in [9.17, 15) is 18.3 Å². The van der Waals surface area contributed by atoms with E-state index in [0.717, 1.165) is 55.1 Å². The van der Waals surface area contributed by atoms with E-state index in [0.29, 0.717) is 36.9 Å². The molecule has 0 bridgehead atoms. The number of nitrogen functional groups attached to an aromatic ring is 1. The topological polar surface area (TPSA) is 140 Å². The van der Waals surface area contributed by atoms with Gasteiger partial charge in [-0.1, -0.05) is 36.8 Å². The molecule has 1 atom stereocenters. The number of aliphatic hydroxyl groups is 1. The van der Waals surface area contributed by atoms with Crippen molar-refractivity contribution < 1.29 is 27.8 Å². The van der Waals surface area contributed by atoms with Gasteiger partial charge in [-0.05, 0) is 78.8 Å². The van der Waals surface area contributed by atoms with E-state index in [1.54, 1.807) is 30.3 Å². The molecule has 0 radical (unpaired) electrons. The molecule has 3 aromatic carbocycles. The number of benzene rings is 3. The van der Waals surface area contributed by atoms with Crippen molar-refractivity contribution in [1.82, 2.24) is 10.0 Å². The van der Waals surface area contributed by atoms with Crippen molar-refractivity contribution >= 4 is 21.6 Å². The number of nitrogens with one attached hydrogen (secondary N) is 2. The van der Waals surface area contributed by atoms with Gasteiger partial charge in [0.05, 0.1) is 24.0 Å². The maximum Gasteiger partial charge on any atom is 0.268 e. The number of hydrogen-bond acceptors (Lipinski definition) is 8. The van der Waals surface area contributed by atoms with Gasteiger partial charge in [0.2, 0.25) is 10.0 Å². The Morgan fingerprint density at radius 1 is 1.00 bits per heavy atom. The molecule has 1 aliphatic rings. The normalized spacial score (nSPS) is 14.8. The van der Waals surface area contributed by atoms with Crippen molar-refractivity contribution in [1.29, 1.82) is 0 Å². The number of hydrogen-bond donors (Lipinski definition) is 4. The molecule has 5 N–H and O–H groups in total. The molecule has 0 spiro atoms. The van der Waals surface area contributed by atoms with Gasteiger partial charge in [0, 0.05) is 18.8 Å². The Kier molecular flexibility index (Phi) is 10.0. The zero-order chi connectivity index (χ0) is 28.5. The summed E-state index contributed by atoms with van der Waals surface area (Å²) < 4.78 is 37.4. The van der Waals surface area contributed by atoms with E-state index in [-0.39, 0.29) is 11.7 Å². The lowest BCUT2D eigenvalue weighted by Crippen LogP contribution is -2.30. The third-order valence-corrected chi connectivity index (χ3v) is 7.30. The van der Waals surface area contributed by atoms with Gasteiger partial charge in [-0.25, -0.2) is 13.1 Å². The molecular weight excluding hydrogens is 530 g/mol. The summed E-state index contributed by atoms with van der Waals surface area (Å²) in [6, 6.07) is 19.9.